The van der Waals surface area contributed by atoms with Gasteiger partial charge >= 0.3 is 19.8 Å². The van der Waals surface area contributed by atoms with Crippen molar-refractivity contribution in [2.75, 3.05) is 26.4 Å². The minimum Gasteiger partial charge on any atom is -0.462 e. The molecule has 10 heteroatoms. The second-order valence-corrected chi connectivity index (χ2v) is 26.9. The highest BCUT2D eigenvalue weighted by atomic mass is 31.2. The maximum Gasteiger partial charge on any atom is 0.472 e. The Kier molecular flexibility index (Phi) is 75.0. The van der Waals surface area contributed by atoms with E-state index in [9.17, 15) is 19.0 Å². The molecule has 0 heterocycles. The maximum absolute atomic E-state index is 12.8. The van der Waals surface area contributed by atoms with E-state index in [0.717, 1.165) is 128 Å². The molecule has 9 nitrogen and oxygen atoms in total. The first-order valence-electron chi connectivity index (χ1n) is 39.0. The van der Waals surface area contributed by atoms with Crippen LogP contribution in [0.15, 0.2) is 158 Å². The van der Waals surface area contributed by atoms with Gasteiger partial charge in [0.05, 0.1) is 13.2 Å². The number of carbonyl (C=O) groups is 2. The van der Waals surface area contributed by atoms with Crippen molar-refractivity contribution in [3.8, 4) is 0 Å². The lowest BCUT2D eigenvalue weighted by atomic mass is 10.0. The Morgan fingerprint density at radius 3 is 0.811 bits per heavy atom. The van der Waals surface area contributed by atoms with Crippen LogP contribution in [0.25, 0.3) is 0 Å². The van der Waals surface area contributed by atoms with Crippen LogP contribution in [0.4, 0.5) is 0 Å². The molecular weight excluding hydrogens is 1190 g/mol. The molecule has 2 atom stereocenters. The highest BCUT2D eigenvalue weighted by molar-refractivity contribution is 7.47. The zero-order chi connectivity index (χ0) is 68.6. The largest absolute Gasteiger partial charge is 0.472 e. The fraction of sp³-hybridized carbons (Fsp3) is 0.671. The lowest BCUT2D eigenvalue weighted by Gasteiger charge is -2.19. The second kappa shape index (κ2) is 78.6. The van der Waals surface area contributed by atoms with Crippen LogP contribution in [0.5, 0.6) is 0 Å². The molecule has 0 rings (SSSR count). The summed E-state index contributed by atoms with van der Waals surface area (Å²) in [5.74, 6) is -0.826. The summed E-state index contributed by atoms with van der Waals surface area (Å²) in [5.41, 5.74) is 5.41. The van der Waals surface area contributed by atoms with E-state index < -0.39 is 26.5 Å². The molecule has 0 saturated heterocycles. The summed E-state index contributed by atoms with van der Waals surface area (Å²) in [6.45, 7) is 3.54. The van der Waals surface area contributed by atoms with Gasteiger partial charge in [0.1, 0.15) is 6.61 Å². The standard InChI is InChI=1S/C85H144NO8P/c1-3-5-7-9-11-13-15-17-19-21-23-25-27-29-31-33-35-37-39-40-41-42-44-46-48-50-52-54-56-58-60-62-64-66-68-70-72-74-76-78-85(88)94-83(82-93-95(89,90)92-80-79-86)81-91-84(87)77-75-73-71-69-67-65-63-61-59-57-55-53-51-49-47-45-43-38-36-34-32-30-28-26-24-22-20-18-16-14-12-10-8-6-4-2/h5-8,11-14,17-20,23-26,29,31,35,37,40-41,44,46,50,52,83H,3-4,9-10,15-16,21-22,27-28,30,32-34,36,38-39,42-43,45,47-49,51,53-82,86H2,1-2H3,(H,89,90)/b7-5-,8-6-,13-11-,14-12-,19-17-,20-18-,25-23-,26-24-,31-29-,37-35-,41-40-,46-44-,52-50-. The highest BCUT2D eigenvalue weighted by Crippen LogP contribution is 2.43. The summed E-state index contributed by atoms with van der Waals surface area (Å²) in [6.07, 6.45) is 115. The normalized spacial score (nSPS) is 13.8. The average Bonchev–Trinajstić information content (AvgIpc) is 3.16. The van der Waals surface area contributed by atoms with Gasteiger partial charge in [-0.2, -0.15) is 0 Å². The Balaban J connectivity index is 3.87. The van der Waals surface area contributed by atoms with Crippen LogP contribution in [0, 0.1) is 0 Å². The molecule has 0 radical (unpaired) electrons. The van der Waals surface area contributed by atoms with Crippen LogP contribution in [0.3, 0.4) is 0 Å². The SMILES string of the molecule is CC/C=C\C/C=C\C/C=C\C/C=C\C/C=C\C/C=C\C/C=C\C/C=C\C/C=C\CCCCCCCCCCCCCC(=O)OC(COC(=O)CCCCCCCCCCCCCCCCCCCCCCCC/C=C\C/C=C\C/C=C\C/C=C\CC)COP(=O)(O)OCCN. The Morgan fingerprint density at radius 2 is 0.547 bits per heavy atom. The second-order valence-electron chi connectivity index (χ2n) is 25.5. The van der Waals surface area contributed by atoms with Crippen LogP contribution in [0.2, 0.25) is 0 Å². The topological polar surface area (TPSA) is 134 Å². The maximum atomic E-state index is 12.8. The van der Waals surface area contributed by atoms with Crippen LogP contribution < -0.4 is 5.73 Å². The molecule has 0 aromatic carbocycles. The average molecular weight is 1340 g/mol. The van der Waals surface area contributed by atoms with Gasteiger partial charge in [-0.3, -0.25) is 18.6 Å². The first kappa shape index (κ1) is 90.6. The lowest BCUT2D eigenvalue weighted by Crippen LogP contribution is -2.29. The molecule has 0 aliphatic carbocycles. The number of allylic oxidation sites excluding steroid dienone is 26. The first-order chi connectivity index (χ1) is 46.8. The van der Waals surface area contributed by atoms with Gasteiger partial charge in [-0.25, -0.2) is 4.57 Å². The van der Waals surface area contributed by atoms with Crippen molar-refractivity contribution in [3.05, 3.63) is 158 Å². The van der Waals surface area contributed by atoms with E-state index in [1.807, 2.05) is 0 Å². The van der Waals surface area contributed by atoms with Gasteiger partial charge in [0.15, 0.2) is 6.10 Å². The number of rotatable bonds is 72. The smallest absolute Gasteiger partial charge is 0.462 e. The van der Waals surface area contributed by atoms with Crippen LogP contribution in [-0.2, 0) is 32.7 Å². The van der Waals surface area contributed by atoms with Crippen molar-refractivity contribution in [3.63, 3.8) is 0 Å². The molecule has 0 fully saturated rings. The number of hydrogen-bond acceptors (Lipinski definition) is 8. The van der Waals surface area contributed by atoms with Crippen molar-refractivity contribution in [1.29, 1.82) is 0 Å². The number of ether oxygens (including phenoxy) is 2. The molecule has 0 aromatic rings. The minimum atomic E-state index is -4.41. The van der Waals surface area contributed by atoms with Crippen molar-refractivity contribution in [1.82, 2.24) is 0 Å². The summed E-state index contributed by atoms with van der Waals surface area (Å²) in [5, 5.41) is 0. The van der Waals surface area contributed by atoms with E-state index >= 15 is 0 Å². The minimum absolute atomic E-state index is 0.0481. The van der Waals surface area contributed by atoms with E-state index in [1.54, 1.807) is 0 Å². The third kappa shape index (κ3) is 78.5. The van der Waals surface area contributed by atoms with Crippen molar-refractivity contribution in [2.45, 2.75) is 341 Å². The van der Waals surface area contributed by atoms with Crippen molar-refractivity contribution in [2.24, 2.45) is 5.73 Å². The van der Waals surface area contributed by atoms with Crippen LogP contribution >= 0.6 is 7.82 Å². The summed E-state index contributed by atoms with van der Waals surface area (Å²) >= 11 is 0. The quantitative estimate of drug-likeness (QED) is 0.0264. The molecule has 3 N–H and O–H groups in total. The Hall–Kier alpha value is -4.37. The Bertz CT molecular complexity index is 2120. The molecule has 0 bridgehead atoms. The van der Waals surface area contributed by atoms with Crippen LogP contribution in [0.1, 0.15) is 335 Å². The number of phosphoric ester groups is 1. The summed E-state index contributed by atoms with van der Waals surface area (Å²) < 4.78 is 33.3. The van der Waals surface area contributed by atoms with Crippen LogP contribution in [-0.4, -0.2) is 49.3 Å². The molecule has 0 saturated carbocycles. The van der Waals surface area contributed by atoms with Crippen molar-refractivity contribution >= 4 is 19.8 Å². The number of carbonyl (C=O) groups excluding carboxylic acids is 2. The molecule has 0 aliphatic rings. The van der Waals surface area contributed by atoms with Gasteiger partial charge in [0.25, 0.3) is 0 Å². The molecule has 0 aliphatic heterocycles. The van der Waals surface area contributed by atoms with Gasteiger partial charge < -0.3 is 20.1 Å². The number of esters is 2. The summed E-state index contributed by atoms with van der Waals surface area (Å²) in [7, 11) is -4.41. The Labute approximate surface area is 585 Å². The predicted molar refractivity (Wildman–Crippen MR) is 413 cm³/mol. The van der Waals surface area contributed by atoms with E-state index in [4.69, 9.17) is 24.3 Å². The van der Waals surface area contributed by atoms with Crippen molar-refractivity contribution < 1.29 is 37.6 Å². The number of unbranched alkanes of at least 4 members (excludes halogenated alkanes) is 33. The molecule has 0 spiro atoms. The van der Waals surface area contributed by atoms with E-state index in [-0.39, 0.29) is 38.6 Å². The first-order valence-corrected chi connectivity index (χ1v) is 40.5. The van der Waals surface area contributed by atoms with E-state index in [0.29, 0.717) is 6.42 Å². The number of hydrogen-bond donors (Lipinski definition) is 2. The fourth-order valence-corrected chi connectivity index (χ4v) is 11.5. The number of phosphoric acid groups is 1. The predicted octanol–water partition coefficient (Wildman–Crippen LogP) is 26.3. The summed E-state index contributed by atoms with van der Waals surface area (Å²) in [4.78, 5) is 35.5. The monoisotopic (exact) mass is 1340 g/mol. The molecule has 0 aromatic heterocycles. The van der Waals surface area contributed by atoms with Gasteiger partial charge in [0.2, 0.25) is 0 Å². The molecule has 95 heavy (non-hydrogen) atoms. The van der Waals surface area contributed by atoms with E-state index in [1.165, 1.54) is 173 Å². The Morgan fingerprint density at radius 1 is 0.316 bits per heavy atom. The third-order valence-electron chi connectivity index (χ3n) is 16.4. The zero-order valence-corrected chi connectivity index (χ0v) is 62.0. The van der Waals surface area contributed by atoms with E-state index in [2.05, 4.69) is 172 Å². The zero-order valence-electron chi connectivity index (χ0n) is 61.1. The highest BCUT2D eigenvalue weighted by Gasteiger charge is 2.26. The van der Waals surface area contributed by atoms with Gasteiger partial charge in [-0.15, -0.1) is 0 Å². The molecule has 0 amide bonds. The number of nitrogens with two attached hydrogens (primary N) is 1. The summed E-state index contributed by atoms with van der Waals surface area (Å²) in [6, 6.07) is 0. The van der Waals surface area contributed by atoms with Gasteiger partial charge in [0, 0.05) is 19.4 Å². The lowest BCUT2D eigenvalue weighted by molar-refractivity contribution is -0.161. The molecule has 2 unspecified atom stereocenters. The molecular formula is C85H144NO8P. The van der Waals surface area contributed by atoms with Gasteiger partial charge in [-0.1, -0.05) is 358 Å². The fourth-order valence-electron chi connectivity index (χ4n) is 10.7. The molecule has 542 valence electrons. The van der Waals surface area contributed by atoms with Gasteiger partial charge in [-0.05, 0) is 122 Å². The third-order valence-corrected chi connectivity index (χ3v) is 17.4.